The van der Waals surface area contributed by atoms with Gasteiger partial charge in [0.1, 0.15) is 12.4 Å². The van der Waals surface area contributed by atoms with Crippen molar-refractivity contribution in [3.05, 3.63) is 107 Å². The van der Waals surface area contributed by atoms with E-state index in [9.17, 15) is 24.2 Å². The molecule has 0 aliphatic heterocycles. The Bertz CT molecular complexity index is 1330. The van der Waals surface area contributed by atoms with E-state index in [2.05, 4.69) is 0 Å². The molecule has 3 aromatic rings. The molecule has 0 saturated carbocycles. The molecule has 0 aliphatic carbocycles. The number of carbonyl (C=O) groups excluding carboxylic acids is 1. The first-order valence-electron chi connectivity index (χ1n) is 12.6. The SMILES string of the molecule is CCC(=C(c1ccc(OCCN(CC=CC(=O)N(C)C)C(=O)O)cc1)c1ccc(O)c(F)c1)c1ccccc1. The molecule has 0 radical (unpaired) electrons. The van der Waals surface area contributed by atoms with Crippen LogP contribution in [-0.4, -0.2) is 65.8 Å². The van der Waals surface area contributed by atoms with Gasteiger partial charge in [0.25, 0.3) is 0 Å². The Balaban J connectivity index is 1.80. The van der Waals surface area contributed by atoms with E-state index in [0.717, 1.165) is 27.2 Å². The fraction of sp³-hybridized carbons (Fsp3) is 0.226. The fourth-order valence-corrected chi connectivity index (χ4v) is 4.03. The van der Waals surface area contributed by atoms with E-state index in [0.29, 0.717) is 17.7 Å². The number of aromatic hydroxyl groups is 1. The number of ether oxygens (including phenoxy) is 1. The molecule has 7 nitrogen and oxygen atoms in total. The number of halogens is 1. The first-order chi connectivity index (χ1) is 18.7. The summed E-state index contributed by atoms with van der Waals surface area (Å²) in [4.78, 5) is 25.8. The van der Waals surface area contributed by atoms with Gasteiger partial charge in [0.2, 0.25) is 5.91 Å². The van der Waals surface area contributed by atoms with Gasteiger partial charge in [-0.3, -0.25) is 4.79 Å². The molecule has 0 heterocycles. The number of hydrogen-bond donors (Lipinski definition) is 2. The minimum Gasteiger partial charge on any atom is -0.505 e. The second-order valence-corrected chi connectivity index (χ2v) is 8.98. The maximum Gasteiger partial charge on any atom is 0.407 e. The van der Waals surface area contributed by atoms with Gasteiger partial charge in [0.05, 0.1) is 6.54 Å². The summed E-state index contributed by atoms with van der Waals surface area (Å²) in [5.74, 6) is -0.776. The summed E-state index contributed by atoms with van der Waals surface area (Å²) in [5, 5.41) is 19.2. The van der Waals surface area contributed by atoms with Gasteiger partial charge in [-0.1, -0.05) is 61.5 Å². The van der Waals surface area contributed by atoms with Crippen LogP contribution >= 0.6 is 0 Å². The van der Waals surface area contributed by atoms with Crippen molar-refractivity contribution < 1.29 is 28.9 Å². The molecule has 204 valence electrons. The lowest BCUT2D eigenvalue weighted by molar-refractivity contribution is -0.123. The molecule has 0 saturated heterocycles. The van der Waals surface area contributed by atoms with Crippen molar-refractivity contribution in [3.63, 3.8) is 0 Å². The summed E-state index contributed by atoms with van der Waals surface area (Å²) in [6, 6.07) is 21.5. The molecule has 0 aliphatic rings. The van der Waals surface area contributed by atoms with Gasteiger partial charge in [-0.2, -0.15) is 0 Å². The quantitative estimate of drug-likeness (QED) is 0.237. The number of amides is 2. The summed E-state index contributed by atoms with van der Waals surface area (Å²) >= 11 is 0. The summed E-state index contributed by atoms with van der Waals surface area (Å²) in [6.07, 6.45) is 2.42. The monoisotopic (exact) mass is 532 g/mol. The molecule has 3 aromatic carbocycles. The number of allylic oxidation sites excluding steroid dienone is 1. The molecular weight excluding hydrogens is 499 g/mol. The Morgan fingerprint density at radius 1 is 0.949 bits per heavy atom. The summed E-state index contributed by atoms with van der Waals surface area (Å²) in [5.41, 5.74) is 4.35. The van der Waals surface area contributed by atoms with Crippen LogP contribution in [0.15, 0.2) is 84.9 Å². The Labute approximate surface area is 228 Å². The van der Waals surface area contributed by atoms with E-state index in [-0.39, 0.29) is 25.6 Å². The maximum absolute atomic E-state index is 14.3. The third-order valence-electron chi connectivity index (χ3n) is 6.08. The van der Waals surface area contributed by atoms with Gasteiger partial charge in [-0.15, -0.1) is 0 Å². The molecule has 3 rings (SSSR count). The van der Waals surface area contributed by atoms with Crippen LogP contribution in [0.4, 0.5) is 9.18 Å². The number of nitrogens with zero attached hydrogens (tertiary/aromatic N) is 2. The lowest BCUT2D eigenvalue weighted by atomic mass is 9.88. The zero-order valence-corrected chi connectivity index (χ0v) is 22.3. The summed E-state index contributed by atoms with van der Waals surface area (Å²) < 4.78 is 20.1. The highest BCUT2D eigenvalue weighted by Gasteiger charge is 2.15. The molecule has 39 heavy (non-hydrogen) atoms. The summed E-state index contributed by atoms with van der Waals surface area (Å²) in [7, 11) is 3.24. The van der Waals surface area contributed by atoms with Gasteiger partial charge in [-0.25, -0.2) is 9.18 Å². The standard InChI is InChI=1S/C31H33FN2O5/c1-4-26(22-9-6-5-7-10-22)30(24-14-17-28(35)27(32)21-24)23-12-15-25(16-13-23)39-20-19-34(31(37)38)18-8-11-29(36)33(2)3/h5-17,21,35H,4,18-20H2,1-3H3,(H,37,38). The fourth-order valence-electron chi connectivity index (χ4n) is 4.03. The number of carboxylic acid groups (broad SMARTS) is 1. The number of likely N-dealkylation sites (N-methyl/N-ethyl adjacent to an activating group) is 1. The van der Waals surface area contributed by atoms with Crippen LogP contribution < -0.4 is 4.74 Å². The number of phenolic OH excluding ortho intramolecular Hbond substituents is 1. The van der Waals surface area contributed by atoms with Crippen LogP contribution in [0.3, 0.4) is 0 Å². The molecule has 0 bridgehead atoms. The zero-order chi connectivity index (χ0) is 28.4. The molecule has 2 amide bonds. The van der Waals surface area contributed by atoms with Gasteiger partial charge < -0.3 is 24.7 Å². The number of rotatable bonds is 11. The van der Waals surface area contributed by atoms with E-state index in [1.807, 2.05) is 49.4 Å². The Morgan fingerprint density at radius 2 is 1.62 bits per heavy atom. The van der Waals surface area contributed by atoms with Crippen molar-refractivity contribution in [2.45, 2.75) is 13.3 Å². The first kappa shape index (κ1) is 29.0. The molecule has 0 unspecified atom stereocenters. The van der Waals surface area contributed by atoms with Crippen LogP contribution in [0, 0.1) is 5.82 Å². The lowest BCUT2D eigenvalue weighted by Gasteiger charge is -2.19. The zero-order valence-electron chi connectivity index (χ0n) is 22.3. The van der Waals surface area contributed by atoms with Crippen LogP contribution in [0.2, 0.25) is 0 Å². The maximum atomic E-state index is 14.3. The van der Waals surface area contributed by atoms with E-state index < -0.39 is 17.7 Å². The van der Waals surface area contributed by atoms with Crippen molar-refractivity contribution in [3.8, 4) is 11.5 Å². The smallest absolute Gasteiger partial charge is 0.407 e. The van der Waals surface area contributed by atoms with E-state index in [1.165, 1.54) is 29.2 Å². The average Bonchev–Trinajstić information content (AvgIpc) is 2.93. The number of hydrogen-bond acceptors (Lipinski definition) is 4. The largest absolute Gasteiger partial charge is 0.505 e. The molecule has 0 spiro atoms. The highest BCUT2D eigenvalue weighted by atomic mass is 19.1. The first-order valence-corrected chi connectivity index (χ1v) is 12.6. The third-order valence-corrected chi connectivity index (χ3v) is 6.08. The second-order valence-electron chi connectivity index (χ2n) is 8.98. The molecule has 0 atom stereocenters. The Kier molecular flexibility index (Phi) is 10.3. The van der Waals surface area contributed by atoms with Gasteiger partial charge in [0, 0.05) is 26.7 Å². The minimum absolute atomic E-state index is 0.0633. The lowest BCUT2D eigenvalue weighted by Crippen LogP contribution is -2.33. The third kappa shape index (κ3) is 7.95. The normalized spacial score (nSPS) is 11.7. The highest BCUT2D eigenvalue weighted by Crippen LogP contribution is 2.36. The van der Waals surface area contributed by atoms with Crippen LogP contribution in [0.5, 0.6) is 11.5 Å². The Hall–Kier alpha value is -4.59. The molecule has 0 fully saturated rings. The van der Waals surface area contributed by atoms with Gasteiger partial charge >= 0.3 is 6.09 Å². The van der Waals surface area contributed by atoms with E-state index in [1.54, 1.807) is 32.3 Å². The highest BCUT2D eigenvalue weighted by molar-refractivity contribution is 5.98. The van der Waals surface area contributed by atoms with Crippen molar-refractivity contribution in [2.24, 2.45) is 0 Å². The predicted molar refractivity (Wildman–Crippen MR) is 150 cm³/mol. The van der Waals surface area contributed by atoms with Crippen LogP contribution in [-0.2, 0) is 4.79 Å². The number of phenols is 1. The predicted octanol–water partition coefficient (Wildman–Crippen LogP) is 5.90. The van der Waals surface area contributed by atoms with Gasteiger partial charge in [-0.05, 0) is 58.5 Å². The summed E-state index contributed by atoms with van der Waals surface area (Å²) in [6.45, 7) is 2.34. The van der Waals surface area contributed by atoms with Crippen molar-refractivity contribution >= 4 is 23.1 Å². The number of benzene rings is 3. The number of carbonyl (C=O) groups is 2. The average molecular weight is 533 g/mol. The van der Waals surface area contributed by atoms with Crippen LogP contribution in [0.25, 0.3) is 11.1 Å². The van der Waals surface area contributed by atoms with Crippen molar-refractivity contribution in [1.82, 2.24) is 9.80 Å². The van der Waals surface area contributed by atoms with Crippen molar-refractivity contribution in [2.75, 3.05) is 33.8 Å². The molecule has 2 N–H and O–H groups in total. The van der Waals surface area contributed by atoms with E-state index in [4.69, 9.17) is 4.74 Å². The molecule has 8 heteroatoms. The Morgan fingerprint density at radius 3 is 2.21 bits per heavy atom. The topological polar surface area (TPSA) is 90.3 Å². The minimum atomic E-state index is -1.11. The van der Waals surface area contributed by atoms with Gasteiger partial charge in [0.15, 0.2) is 11.6 Å². The molecular formula is C31H33FN2O5. The van der Waals surface area contributed by atoms with E-state index >= 15 is 0 Å². The second kappa shape index (κ2) is 13.8. The van der Waals surface area contributed by atoms with Crippen molar-refractivity contribution in [1.29, 1.82) is 0 Å². The van der Waals surface area contributed by atoms with Crippen LogP contribution in [0.1, 0.15) is 30.0 Å². The molecule has 0 aromatic heterocycles.